The van der Waals surface area contributed by atoms with E-state index in [2.05, 4.69) is 205 Å². The molecule has 4 heteroatoms. The van der Waals surface area contributed by atoms with E-state index in [0.717, 1.165) is 66.4 Å². The summed E-state index contributed by atoms with van der Waals surface area (Å²) in [7, 11) is 0. The quantitative estimate of drug-likeness (QED) is 0.169. The van der Waals surface area contributed by atoms with E-state index in [1.54, 1.807) is 0 Å². The SMILES string of the molecule is c1ccc(-c2nc(-c3cc(-c4ccccc4)c(-n4c5ccccc5c5cc6ccccc6cc54)c(-c4ccc5ccccc5c4)c3)nc(-c3cccc4ccccc34)n2)cc1. The van der Waals surface area contributed by atoms with Crippen LogP contribution in [0.3, 0.4) is 0 Å². The second kappa shape index (κ2) is 14.3. The summed E-state index contributed by atoms with van der Waals surface area (Å²) in [5.41, 5.74) is 10.5. The minimum absolute atomic E-state index is 0.607. The van der Waals surface area contributed by atoms with Crippen molar-refractivity contribution in [2.45, 2.75) is 0 Å². The van der Waals surface area contributed by atoms with E-state index in [4.69, 9.17) is 15.0 Å². The van der Waals surface area contributed by atoms with Crippen molar-refractivity contribution >= 4 is 54.1 Å². The van der Waals surface area contributed by atoms with Gasteiger partial charge in [0.1, 0.15) is 0 Å². The molecule has 0 fully saturated rings. The lowest BCUT2D eigenvalue weighted by molar-refractivity contribution is 1.08. The van der Waals surface area contributed by atoms with Crippen molar-refractivity contribution in [1.82, 2.24) is 19.5 Å². The van der Waals surface area contributed by atoms with Gasteiger partial charge in [0.25, 0.3) is 0 Å². The first kappa shape index (κ1) is 34.8. The summed E-state index contributed by atoms with van der Waals surface area (Å²) in [5, 5.41) is 9.44. The molecule has 0 aliphatic rings. The van der Waals surface area contributed by atoms with Crippen LogP contribution in [0.25, 0.3) is 116 Å². The number of hydrogen-bond donors (Lipinski definition) is 0. The third-order valence-corrected chi connectivity index (χ3v) is 12.0. The van der Waals surface area contributed by atoms with Crippen LogP contribution >= 0.6 is 0 Å². The number of fused-ring (bicyclic) bond motifs is 6. The molecule has 0 saturated carbocycles. The fourth-order valence-corrected chi connectivity index (χ4v) is 9.08. The van der Waals surface area contributed by atoms with E-state index in [9.17, 15) is 0 Å². The van der Waals surface area contributed by atoms with Gasteiger partial charge in [-0.1, -0.05) is 182 Å². The minimum Gasteiger partial charge on any atom is -0.308 e. The first-order valence-corrected chi connectivity index (χ1v) is 20.7. The average molecular weight is 777 g/mol. The zero-order valence-corrected chi connectivity index (χ0v) is 33.1. The smallest absolute Gasteiger partial charge is 0.164 e. The maximum atomic E-state index is 5.37. The Morgan fingerprint density at radius 1 is 0.262 bits per heavy atom. The van der Waals surface area contributed by atoms with Gasteiger partial charge in [0.2, 0.25) is 0 Å². The number of benzene rings is 10. The second-order valence-electron chi connectivity index (χ2n) is 15.6. The molecule has 2 heterocycles. The molecule has 12 aromatic rings. The maximum absolute atomic E-state index is 5.37. The van der Waals surface area contributed by atoms with Crippen LogP contribution in [-0.2, 0) is 0 Å². The van der Waals surface area contributed by atoms with Gasteiger partial charge in [-0.05, 0) is 79.8 Å². The summed E-state index contributed by atoms with van der Waals surface area (Å²) in [4.78, 5) is 15.8. The monoisotopic (exact) mass is 776 g/mol. The van der Waals surface area contributed by atoms with Gasteiger partial charge >= 0.3 is 0 Å². The molecular formula is C57H36N4. The number of nitrogens with zero attached hydrogens (tertiary/aromatic N) is 4. The van der Waals surface area contributed by atoms with Gasteiger partial charge in [0, 0.05) is 38.6 Å². The molecule has 0 aliphatic carbocycles. The molecule has 10 aromatic carbocycles. The number of aromatic nitrogens is 4. The van der Waals surface area contributed by atoms with Gasteiger partial charge in [-0.15, -0.1) is 0 Å². The lowest BCUT2D eigenvalue weighted by Crippen LogP contribution is -2.04. The molecular weight excluding hydrogens is 741 g/mol. The summed E-state index contributed by atoms with van der Waals surface area (Å²) in [5.74, 6) is 1.86. The van der Waals surface area contributed by atoms with Crippen LogP contribution in [0.1, 0.15) is 0 Å². The first-order chi connectivity index (χ1) is 30.2. The molecule has 0 bridgehead atoms. The Hall–Kier alpha value is -8.21. The Kier molecular flexibility index (Phi) is 8.13. The summed E-state index contributed by atoms with van der Waals surface area (Å²) >= 11 is 0. The lowest BCUT2D eigenvalue weighted by atomic mass is 9.91. The molecule has 0 N–H and O–H groups in total. The van der Waals surface area contributed by atoms with Gasteiger partial charge in [-0.25, -0.2) is 15.0 Å². The molecule has 12 rings (SSSR count). The van der Waals surface area contributed by atoms with Crippen LogP contribution in [0.4, 0.5) is 0 Å². The number of hydrogen-bond acceptors (Lipinski definition) is 3. The molecule has 0 radical (unpaired) electrons. The zero-order valence-electron chi connectivity index (χ0n) is 33.1. The Labute approximate surface area is 352 Å². The van der Waals surface area contributed by atoms with Gasteiger partial charge in [0.15, 0.2) is 17.5 Å². The first-order valence-electron chi connectivity index (χ1n) is 20.7. The number of para-hydroxylation sites is 1. The van der Waals surface area contributed by atoms with Crippen molar-refractivity contribution in [2.24, 2.45) is 0 Å². The molecule has 2 aromatic heterocycles. The topological polar surface area (TPSA) is 43.6 Å². The highest BCUT2D eigenvalue weighted by atomic mass is 15.0. The lowest BCUT2D eigenvalue weighted by Gasteiger charge is -2.21. The molecule has 4 nitrogen and oxygen atoms in total. The largest absolute Gasteiger partial charge is 0.308 e. The van der Waals surface area contributed by atoms with E-state index in [1.807, 2.05) is 18.2 Å². The van der Waals surface area contributed by atoms with Crippen LogP contribution in [0.15, 0.2) is 218 Å². The van der Waals surface area contributed by atoms with Gasteiger partial charge in [-0.3, -0.25) is 0 Å². The molecule has 0 amide bonds. The Bertz CT molecular complexity index is 3640. The van der Waals surface area contributed by atoms with Crippen LogP contribution in [0, 0.1) is 0 Å². The highest BCUT2D eigenvalue weighted by molar-refractivity contribution is 6.15. The van der Waals surface area contributed by atoms with Crippen LogP contribution in [-0.4, -0.2) is 19.5 Å². The van der Waals surface area contributed by atoms with Crippen molar-refractivity contribution < 1.29 is 0 Å². The van der Waals surface area contributed by atoms with Crippen molar-refractivity contribution in [3.8, 4) is 62.1 Å². The van der Waals surface area contributed by atoms with E-state index < -0.39 is 0 Å². The zero-order chi connectivity index (χ0) is 40.3. The minimum atomic E-state index is 0.607. The highest BCUT2D eigenvalue weighted by Gasteiger charge is 2.24. The molecule has 0 unspecified atom stereocenters. The van der Waals surface area contributed by atoms with Crippen LogP contribution < -0.4 is 0 Å². The van der Waals surface area contributed by atoms with Gasteiger partial charge in [-0.2, -0.15) is 0 Å². The van der Waals surface area contributed by atoms with Crippen molar-refractivity contribution in [3.05, 3.63) is 218 Å². The Balaban J connectivity index is 1.22. The molecule has 0 atom stereocenters. The normalized spacial score (nSPS) is 11.6. The van der Waals surface area contributed by atoms with Crippen molar-refractivity contribution in [2.75, 3.05) is 0 Å². The summed E-state index contributed by atoms with van der Waals surface area (Å²) in [6.45, 7) is 0. The Morgan fingerprint density at radius 3 is 1.56 bits per heavy atom. The van der Waals surface area contributed by atoms with Crippen molar-refractivity contribution in [1.29, 1.82) is 0 Å². The molecule has 0 spiro atoms. The summed E-state index contributed by atoms with van der Waals surface area (Å²) in [6, 6.07) is 77.8. The Morgan fingerprint density at radius 2 is 0.803 bits per heavy atom. The molecule has 0 saturated heterocycles. The van der Waals surface area contributed by atoms with Gasteiger partial charge < -0.3 is 4.57 Å². The maximum Gasteiger partial charge on any atom is 0.164 e. The molecule has 284 valence electrons. The standard InChI is InChI=1S/C57H36N4/c1-3-17-39(18-4-1)49-34-45(56-58-55(40-20-5-2-6-21-40)59-57(60-56)48-28-15-25-38-19-11-12-26-46(38)48)35-50(44-31-30-37-16-7-8-22-41(37)32-44)54(49)61-52-29-14-13-27-47(52)51-33-42-23-9-10-24-43(42)36-53(51)61/h1-36H. The second-order valence-corrected chi connectivity index (χ2v) is 15.6. The molecule has 61 heavy (non-hydrogen) atoms. The fraction of sp³-hybridized carbons (Fsp3) is 0. The van der Waals surface area contributed by atoms with Crippen LogP contribution in [0.5, 0.6) is 0 Å². The average Bonchev–Trinajstić information content (AvgIpc) is 3.65. The van der Waals surface area contributed by atoms with Gasteiger partial charge in [0.05, 0.1) is 16.7 Å². The highest BCUT2D eigenvalue weighted by Crippen LogP contribution is 2.45. The van der Waals surface area contributed by atoms with Crippen molar-refractivity contribution in [3.63, 3.8) is 0 Å². The fourth-order valence-electron chi connectivity index (χ4n) is 9.08. The predicted molar refractivity (Wildman–Crippen MR) is 254 cm³/mol. The summed E-state index contributed by atoms with van der Waals surface area (Å²) in [6.07, 6.45) is 0. The number of rotatable bonds is 6. The third-order valence-electron chi connectivity index (χ3n) is 12.0. The predicted octanol–water partition coefficient (Wildman–Crippen LogP) is 14.8. The van der Waals surface area contributed by atoms with E-state index in [0.29, 0.717) is 17.5 Å². The third kappa shape index (κ3) is 5.96. The summed E-state index contributed by atoms with van der Waals surface area (Å²) < 4.78 is 2.48. The molecule has 0 aliphatic heterocycles. The van der Waals surface area contributed by atoms with E-state index in [1.165, 1.54) is 32.3 Å². The van der Waals surface area contributed by atoms with Crippen LogP contribution in [0.2, 0.25) is 0 Å². The van der Waals surface area contributed by atoms with E-state index in [-0.39, 0.29) is 0 Å². The van der Waals surface area contributed by atoms with E-state index >= 15 is 0 Å².